The number of aromatic amines is 1. The van der Waals surface area contributed by atoms with E-state index in [9.17, 15) is 9.59 Å². The first-order chi connectivity index (χ1) is 11.3. The van der Waals surface area contributed by atoms with Crippen LogP contribution in [0.2, 0.25) is 0 Å². The maximum atomic E-state index is 12.1. The topological polar surface area (TPSA) is 112 Å². The van der Waals surface area contributed by atoms with Crippen LogP contribution in [-0.4, -0.2) is 46.6 Å². The molecule has 8 nitrogen and oxygen atoms in total. The number of rotatable bonds is 5. The van der Waals surface area contributed by atoms with E-state index in [4.69, 9.17) is 0 Å². The lowest BCUT2D eigenvalue weighted by atomic mass is 10.1. The fourth-order valence-electron chi connectivity index (χ4n) is 2.45. The average molecular weight is 351 g/mol. The van der Waals surface area contributed by atoms with Crippen LogP contribution in [0.1, 0.15) is 32.1 Å². The third-order valence-corrected chi connectivity index (χ3v) is 3.64. The highest BCUT2D eigenvalue weighted by molar-refractivity contribution is 5.95. The number of pyridine rings is 1. The lowest BCUT2D eigenvalue weighted by molar-refractivity contribution is 0.0924. The molecular weight excluding hydrogens is 332 g/mol. The van der Waals surface area contributed by atoms with E-state index in [0.29, 0.717) is 30.9 Å². The van der Waals surface area contributed by atoms with Crippen LogP contribution >= 0.6 is 12.4 Å². The molecule has 0 unspecified atom stereocenters. The van der Waals surface area contributed by atoms with Gasteiger partial charge in [-0.1, -0.05) is 0 Å². The molecule has 0 saturated heterocycles. The summed E-state index contributed by atoms with van der Waals surface area (Å²) in [5, 5.41) is 15.7. The minimum Gasteiger partial charge on any atom is -0.350 e. The molecule has 0 bridgehead atoms. The molecule has 0 fully saturated rings. The van der Waals surface area contributed by atoms with Crippen molar-refractivity contribution in [3.63, 3.8) is 0 Å². The second kappa shape index (κ2) is 8.42. The van der Waals surface area contributed by atoms with E-state index in [1.807, 2.05) is 0 Å². The van der Waals surface area contributed by atoms with Gasteiger partial charge in [0.15, 0.2) is 5.69 Å². The molecule has 0 aromatic carbocycles. The van der Waals surface area contributed by atoms with Gasteiger partial charge in [-0.05, 0) is 12.1 Å². The fraction of sp³-hybridized carbons (Fsp3) is 0.333. The molecule has 2 aromatic rings. The standard InChI is InChI=1S/C15H18N6O2.ClH/c22-14(10-2-1-4-16-8-10)18-6-7-19-15(23)13-11-9-17-5-3-12(11)20-21-13;/h1-2,4,8,17H,3,5-7,9H2,(H,18,22)(H,19,23)(H,20,21);1H. The van der Waals surface area contributed by atoms with Crippen LogP contribution in [0, 0.1) is 0 Å². The predicted octanol–water partition coefficient (Wildman–Crippen LogP) is 0.0320. The van der Waals surface area contributed by atoms with Crippen molar-refractivity contribution in [1.29, 1.82) is 0 Å². The summed E-state index contributed by atoms with van der Waals surface area (Å²) in [7, 11) is 0. The summed E-state index contributed by atoms with van der Waals surface area (Å²) >= 11 is 0. The van der Waals surface area contributed by atoms with Crippen LogP contribution in [0.3, 0.4) is 0 Å². The van der Waals surface area contributed by atoms with Crippen molar-refractivity contribution in [2.24, 2.45) is 0 Å². The maximum absolute atomic E-state index is 12.1. The minimum atomic E-state index is -0.234. The molecule has 0 saturated carbocycles. The van der Waals surface area contributed by atoms with Gasteiger partial charge in [0.1, 0.15) is 0 Å². The van der Waals surface area contributed by atoms with Crippen molar-refractivity contribution in [2.45, 2.75) is 13.0 Å². The van der Waals surface area contributed by atoms with Gasteiger partial charge in [-0.25, -0.2) is 0 Å². The molecule has 4 N–H and O–H groups in total. The average Bonchev–Trinajstić information content (AvgIpc) is 3.03. The normalized spacial score (nSPS) is 12.7. The first-order valence-corrected chi connectivity index (χ1v) is 7.49. The van der Waals surface area contributed by atoms with Crippen molar-refractivity contribution < 1.29 is 9.59 Å². The monoisotopic (exact) mass is 350 g/mol. The van der Waals surface area contributed by atoms with Gasteiger partial charge < -0.3 is 16.0 Å². The number of hydrogen-bond donors (Lipinski definition) is 4. The number of carbonyl (C=O) groups excluding carboxylic acids is 2. The Kier molecular flexibility index (Phi) is 6.28. The highest BCUT2D eigenvalue weighted by atomic mass is 35.5. The van der Waals surface area contributed by atoms with E-state index in [1.165, 1.54) is 6.20 Å². The van der Waals surface area contributed by atoms with Crippen molar-refractivity contribution in [2.75, 3.05) is 19.6 Å². The zero-order chi connectivity index (χ0) is 16.1. The van der Waals surface area contributed by atoms with Gasteiger partial charge in [0.05, 0.1) is 5.56 Å². The van der Waals surface area contributed by atoms with Gasteiger partial charge >= 0.3 is 0 Å². The number of aromatic nitrogens is 3. The molecule has 2 amide bonds. The van der Waals surface area contributed by atoms with E-state index in [1.54, 1.807) is 18.3 Å². The molecule has 128 valence electrons. The van der Waals surface area contributed by atoms with E-state index >= 15 is 0 Å². The Morgan fingerprint density at radius 1 is 1.21 bits per heavy atom. The Labute approximate surface area is 145 Å². The fourth-order valence-corrected chi connectivity index (χ4v) is 2.45. The highest BCUT2D eigenvalue weighted by Gasteiger charge is 2.21. The highest BCUT2D eigenvalue weighted by Crippen LogP contribution is 2.14. The minimum absolute atomic E-state index is 0. The van der Waals surface area contributed by atoms with Crippen molar-refractivity contribution in [3.8, 4) is 0 Å². The summed E-state index contributed by atoms with van der Waals surface area (Å²) in [6, 6.07) is 3.38. The second-order valence-electron chi connectivity index (χ2n) is 5.21. The van der Waals surface area contributed by atoms with Gasteiger partial charge in [-0.15, -0.1) is 12.4 Å². The number of nitrogens with one attached hydrogen (secondary N) is 4. The smallest absolute Gasteiger partial charge is 0.272 e. The van der Waals surface area contributed by atoms with E-state index in [2.05, 4.69) is 31.1 Å². The van der Waals surface area contributed by atoms with Crippen LogP contribution in [0.5, 0.6) is 0 Å². The largest absolute Gasteiger partial charge is 0.350 e. The third kappa shape index (κ3) is 4.09. The molecular formula is C15H19ClN6O2. The zero-order valence-electron chi connectivity index (χ0n) is 13.0. The SMILES string of the molecule is Cl.O=C(NCCNC(=O)c1n[nH]c2c1CNCC2)c1cccnc1. The van der Waals surface area contributed by atoms with Crippen molar-refractivity contribution >= 4 is 24.2 Å². The number of carbonyl (C=O) groups is 2. The Bertz CT molecular complexity index is 703. The predicted molar refractivity (Wildman–Crippen MR) is 90.1 cm³/mol. The molecule has 0 radical (unpaired) electrons. The molecule has 24 heavy (non-hydrogen) atoms. The molecule has 3 heterocycles. The lowest BCUT2D eigenvalue weighted by Crippen LogP contribution is -2.35. The molecule has 0 aliphatic carbocycles. The summed E-state index contributed by atoms with van der Waals surface area (Å²) < 4.78 is 0. The molecule has 9 heteroatoms. The van der Waals surface area contributed by atoms with E-state index in [-0.39, 0.29) is 24.2 Å². The van der Waals surface area contributed by atoms with Crippen molar-refractivity contribution in [1.82, 2.24) is 31.1 Å². The quantitative estimate of drug-likeness (QED) is 0.568. The molecule has 3 rings (SSSR count). The maximum Gasteiger partial charge on any atom is 0.272 e. The van der Waals surface area contributed by atoms with Gasteiger partial charge in [-0.2, -0.15) is 5.10 Å². The molecule has 1 aliphatic heterocycles. The van der Waals surface area contributed by atoms with Crippen LogP contribution < -0.4 is 16.0 Å². The summed E-state index contributed by atoms with van der Waals surface area (Å²) in [5.74, 6) is -0.449. The van der Waals surface area contributed by atoms with Crippen LogP contribution in [0.4, 0.5) is 0 Å². The first kappa shape index (κ1) is 17.9. The van der Waals surface area contributed by atoms with Gasteiger partial charge in [-0.3, -0.25) is 19.7 Å². The number of H-pyrrole nitrogens is 1. The van der Waals surface area contributed by atoms with Crippen molar-refractivity contribution in [3.05, 3.63) is 47.0 Å². The Morgan fingerprint density at radius 3 is 2.75 bits per heavy atom. The summed E-state index contributed by atoms with van der Waals surface area (Å²) in [5.41, 5.74) is 2.85. The second-order valence-corrected chi connectivity index (χ2v) is 5.21. The van der Waals surface area contributed by atoms with Gasteiger partial charge in [0.25, 0.3) is 11.8 Å². The Morgan fingerprint density at radius 2 is 2.00 bits per heavy atom. The van der Waals surface area contributed by atoms with E-state index < -0.39 is 0 Å². The molecule has 0 spiro atoms. The number of hydrogen-bond acceptors (Lipinski definition) is 5. The number of nitrogens with zero attached hydrogens (tertiary/aromatic N) is 2. The Balaban J connectivity index is 0.00000208. The zero-order valence-corrected chi connectivity index (χ0v) is 13.8. The number of amides is 2. The Hall–Kier alpha value is -2.45. The molecule has 1 aliphatic rings. The lowest BCUT2D eigenvalue weighted by Gasteiger charge is -2.13. The number of fused-ring (bicyclic) bond motifs is 1. The molecule has 2 aromatic heterocycles. The number of halogens is 1. The summed E-state index contributed by atoms with van der Waals surface area (Å²) in [4.78, 5) is 27.9. The summed E-state index contributed by atoms with van der Waals surface area (Å²) in [6.45, 7) is 2.20. The third-order valence-electron chi connectivity index (χ3n) is 3.64. The van der Waals surface area contributed by atoms with Gasteiger partial charge in [0.2, 0.25) is 0 Å². The van der Waals surface area contributed by atoms with Crippen LogP contribution in [0.15, 0.2) is 24.5 Å². The van der Waals surface area contributed by atoms with E-state index in [0.717, 1.165) is 24.2 Å². The first-order valence-electron chi connectivity index (χ1n) is 7.49. The summed E-state index contributed by atoms with van der Waals surface area (Å²) in [6.07, 6.45) is 3.95. The van der Waals surface area contributed by atoms with Crippen LogP contribution in [0.25, 0.3) is 0 Å². The van der Waals surface area contributed by atoms with Gasteiger partial charge in [0, 0.05) is 56.3 Å². The molecule has 0 atom stereocenters. The van der Waals surface area contributed by atoms with Crippen LogP contribution in [-0.2, 0) is 13.0 Å².